The highest BCUT2D eigenvalue weighted by atomic mass is 16.5. The van der Waals surface area contributed by atoms with Gasteiger partial charge in [-0.1, -0.05) is 0 Å². The third kappa shape index (κ3) is 4.96. The molecule has 5 heteroatoms. The highest BCUT2D eigenvalue weighted by molar-refractivity contribution is 5.85. The average Bonchev–Trinajstić information content (AvgIpc) is 2.38. The first-order valence-electron chi connectivity index (χ1n) is 6.46. The summed E-state index contributed by atoms with van der Waals surface area (Å²) in [4.78, 5) is 8.24. The van der Waals surface area contributed by atoms with Crippen molar-refractivity contribution in [1.82, 2.24) is 4.98 Å². The zero-order chi connectivity index (χ0) is 14.3. The van der Waals surface area contributed by atoms with Crippen LogP contribution in [-0.2, 0) is 11.3 Å². The van der Waals surface area contributed by atoms with Crippen LogP contribution in [0, 0.1) is 6.92 Å². The Morgan fingerprint density at radius 3 is 2.84 bits per heavy atom. The van der Waals surface area contributed by atoms with E-state index in [2.05, 4.69) is 9.98 Å². The molecule has 0 radical (unpaired) electrons. The number of aliphatic hydroxyl groups excluding tert-OH is 1. The van der Waals surface area contributed by atoms with Crippen molar-refractivity contribution in [1.29, 1.82) is 0 Å². The van der Waals surface area contributed by atoms with Gasteiger partial charge in [-0.05, 0) is 27.2 Å². The van der Waals surface area contributed by atoms with E-state index in [4.69, 9.17) is 4.74 Å². The maximum atomic E-state index is 9.90. The second-order valence-corrected chi connectivity index (χ2v) is 4.60. The summed E-state index contributed by atoms with van der Waals surface area (Å²) in [6, 6.07) is 0. The largest absolute Gasteiger partial charge is 0.505 e. The molecule has 0 spiro atoms. The van der Waals surface area contributed by atoms with Gasteiger partial charge in [0.1, 0.15) is 5.75 Å². The number of aromatic hydroxyl groups is 1. The Morgan fingerprint density at radius 2 is 2.21 bits per heavy atom. The van der Waals surface area contributed by atoms with Crippen LogP contribution >= 0.6 is 0 Å². The predicted molar refractivity (Wildman–Crippen MR) is 74.7 cm³/mol. The fourth-order valence-corrected chi connectivity index (χ4v) is 1.55. The summed E-state index contributed by atoms with van der Waals surface area (Å²) in [6.45, 7) is 6.83. The Balaban J connectivity index is 2.58. The number of aliphatic hydroxyl groups is 1. The number of aromatic nitrogens is 1. The Hall–Kier alpha value is -1.46. The van der Waals surface area contributed by atoms with Gasteiger partial charge in [-0.3, -0.25) is 9.98 Å². The van der Waals surface area contributed by atoms with Gasteiger partial charge in [0.25, 0.3) is 0 Å². The summed E-state index contributed by atoms with van der Waals surface area (Å²) in [6.07, 6.45) is 4.20. The first-order valence-corrected chi connectivity index (χ1v) is 6.46. The average molecular weight is 266 g/mol. The normalized spacial score (nSPS) is 11.6. The SMILES string of the molecule is Cc1ncc(CO)c(C=NCCCOC(C)C)c1O. The molecule has 0 saturated heterocycles. The smallest absolute Gasteiger partial charge is 0.145 e. The molecule has 0 saturated carbocycles. The van der Waals surface area contributed by atoms with E-state index >= 15 is 0 Å². The maximum absolute atomic E-state index is 9.90. The molecule has 106 valence electrons. The summed E-state index contributed by atoms with van der Waals surface area (Å²) >= 11 is 0. The van der Waals surface area contributed by atoms with Crippen molar-refractivity contribution in [3.05, 3.63) is 23.0 Å². The lowest BCUT2D eigenvalue weighted by molar-refractivity contribution is 0.0783. The van der Waals surface area contributed by atoms with Crippen molar-refractivity contribution < 1.29 is 14.9 Å². The summed E-state index contributed by atoms with van der Waals surface area (Å²) < 4.78 is 5.41. The summed E-state index contributed by atoms with van der Waals surface area (Å²) in [5.74, 6) is 0.0775. The van der Waals surface area contributed by atoms with Gasteiger partial charge in [0.15, 0.2) is 0 Å². The maximum Gasteiger partial charge on any atom is 0.145 e. The molecular formula is C14H22N2O3. The van der Waals surface area contributed by atoms with Crippen LogP contribution in [0.1, 0.15) is 37.1 Å². The van der Waals surface area contributed by atoms with Crippen LogP contribution in [0.5, 0.6) is 5.75 Å². The molecule has 1 heterocycles. The molecule has 0 aliphatic heterocycles. The predicted octanol–water partition coefficient (Wildman–Crippen LogP) is 1.82. The molecule has 0 amide bonds. The van der Waals surface area contributed by atoms with E-state index in [9.17, 15) is 10.2 Å². The van der Waals surface area contributed by atoms with Crippen molar-refractivity contribution in [3.8, 4) is 5.75 Å². The first-order chi connectivity index (χ1) is 9.06. The highest BCUT2D eigenvalue weighted by Crippen LogP contribution is 2.21. The fourth-order valence-electron chi connectivity index (χ4n) is 1.55. The molecule has 0 unspecified atom stereocenters. The van der Waals surface area contributed by atoms with Crippen molar-refractivity contribution in [2.45, 2.75) is 39.9 Å². The van der Waals surface area contributed by atoms with Gasteiger partial charge < -0.3 is 14.9 Å². The van der Waals surface area contributed by atoms with E-state index in [0.717, 1.165) is 6.42 Å². The van der Waals surface area contributed by atoms with E-state index in [-0.39, 0.29) is 18.5 Å². The molecular weight excluding hydrogens is 244 g/mol. The number of pyridine rings is 1. The van der Waals surface area contributed by atoms with Gasteiger partial charge >= 0.3 is 0 Å². The minimum absolute atomic E-state index is 0.0775. The van der Waals surface area contributed by atoms with Gasteiger partial charge in [0, 0.05) is 36.7 Å². The van der Waals surface area contributed by atoms with E-state index < -0.39 is 0 Å². The highest BCUT2D eigenvalue weighted by Gasteiger charge is 2.08. The van der Waals surface area contributed by atoms with Gasteiger partial charge in [0.2, 0.25) is 0 Å². The molecule has 19 heavy (non-hydrogen) atoms. The molecule has 5 nitrogen and oxygen atoms in total. The molecule has 0 fully saturated rings. The number of hydrogen-bond acceptors (Lipinski definition) is 5. The van der Waals surface area contributed by atoms with E-state index in [0.29, 0.717) is 30.0 Å². The first kappa shape index (κ1) is 15.6. The number of rotatable bonds is 7. The summed E-state index contributed by atoms with van der Waals surface area (Å²) in [5.41, 5.74) is 1.65. The molecule has 1 rings (SSSR count). The van der Waals surface area contributed by atoms with Gasteiger partial charge in [-0.2, -0.15) is 0 Å². The lowest BCUT2D eigenvalue weighted by Gasteiger charge is -2.07. The number of nitrogens with zero attached hydrogens (tertiary/aromatic N) is 2. The molecule has 0 atom stereocenters. The van der Waals surface area contributed by atoms with Crippen LogP contribution in [0.25, 0.3) is 0 Å². The van der Waals surface area contributed by atoms with Crippen LogP contribution in [0.2, 0.25) is 0 Å². The van der Waals surface area contributed by atoms with E-state index in [1.807, 2.05) is 13.8 Å². The lowest BCUT2D eigenvalue weighted by Crippen LogP contribution is -2.05. The Labute approximate surface area is 114 Å². The quantitative estimate of drug-likeness (QED) is 0.583. The standard InChI is InChI=1S/C14H22N2O3/c1-10(2)19-6-4-5-15-8-13-12(9-17)7-16-11(3)14(13)18/h7-8,10,17-18H,4-6,9H2,1-3H3. The molecule has 0 aromatic carbocycles. The third-order valence-corrected chi connectivity index (χ3v) is 2.63. The Kier molecular flexibility index (Phi) is 6.45. The molecule has 0 bridgehead atoms. The summed E-state index contributed by atoms with van der Waals surface area (Å²) in [5, 5.41) is 19.1. The fraction of sp³-hybridized carbons (Fsp3) is 0.571. The second kappa shape index (κ2) is 7.86. The molecule has 1 aromatic rings. The zero-order valence-corrected chi connectivity index (χ0v) is 11.8. The van der Waals surface area contributed by atoms with Gasteiger partial charge in [-0.25, -0.2) is 0 Å². The number of aryl methyl sites for hydroxylation is 1. The van der Waals surface area contributed by atoms with Crippen LogP contribution in [0.15, 0.2) is 11.2 Å². The topological polar surface area (TPSA) is 74.9 Å². The monoisotopic (exact) mass is 266 g/mol. The van der Waals surface area contributed by atoms with Crippen LogP contribution in [0.3, 0.4) is 0 Å². The van der Waals surface area contributed by atoms with Crippen molar-refractivity contribution >= 4 is 6.21 Å². The molecule has 1 aromatic heterocycles. The van der Waals surface area contributed by atoms with Gasteiger partial charge in [0.05, 0.1) is 18.4 Å². The Morgan fingerprint density at radius 1 is 1.47 bits per heavy atom. The molecule has 2 N–H and O–H groups in total. The number of aliphatic imine (C=N–C) groups is 1. The van der Waals surface area contributed by atoms with Crippen molar-refractivity contribution in [3.63, 3.8) is 0 Å². The summed E-state index contributed by atoms with van der Waals surface area (Å²) in [7, 11) is 0. The third-order valence-electron chi connectivity index (χ3n) is 2.63. The number of hydrogen-bond donors (Lipinski definition) is 2. The van der Waals surface area contributed by atoms with Crippen LogP contribution in [-0.4, -0.2) is 40.7 Å². The second-order valence-electron chi connectivity index (χ2n) is 4.60. The lowest BCUT2D eigenvalue weighted by atomic mass is 10.1. The molecule has 0 aliphatic carbocycles. The Bertz CT molecular complexity index is 431. The van der Waals surface area contributed by atoms with Gasteiger partial charge in [-0.15, -0.1) is 0 Å². The number of ether oxygens (including phenoxy) is 1. The molecule has 0 aliphatic rings. The van der Waals surface area contributed by atoms with E-state index in [1.54, 1.807) is 19.3 Å². The zero-order valence-electron chi connectivity index (χ0n) is 11.8. The van der Waals surface area contributed by atoms with E-state index in [1.165, 1.54) is 0 Å². The van der Waals surface area contributed by atoms with Crippen molar-refractivity contribution in [2.24, 2.45) is 4.99 Å². The minimum Gasteiger partial charge on any atom is -0.505 e. The van der Waals surface area contributed by atoms with Crippen LogP contribution < -0.4 is 0 Å². The minimum atomic E-state index is -0.168. The van der Waals surface area contributed by atoms with Crippen molar-refractivity contribution in [2.75, 3.05) is 13.2 Å². The van der Waals surface area contributed by atoms with Crippen LogP contribution in [0.4, 0.5) is 0 Å².